The van der Waals surface area contributed by atoms with E-state index in [1.165, 1.54) is 7.11 Å². The molecule has 0 bridgehead atoms. The highest BCUT2D eigenvalue weighted by atomic mass is 35.5. The molecule has 2 aromatic rings. The Hall–Kier alpha value is -2.66. The van der Waals surface area contributed by atoms with Crippen molar-refractivity contribution in [1.82, 2.24) is 0 Å². The van der Waals surface area contributed by atoms with E-state index in [-0.39, 0.29) is 25.2 Å². The normalized spacial score (nSPS) is 10.2. The standard InChI is InChI=1S/C19H17ClO5/c1-24-19(23)15-4-2-13(3-5-15)12-25-18(22)11-10-17(21)14-6-8-16(20)9-7-14/h2-9H,10-12H2,1H3. The van der Waals surface area contributed by atoms with Crippen LogP contribution in [0.3, 0.4) is 0 Å². The van der Waals surface area contributed by atoms with Crippen LogP contribution in [-0.2, 0) is 20.9 Å². The summed E-state index contributed by atoms with van der Waals surface area (Å²) in [6.45, 7) is 0.0788. The molecule has 0 spiro atoms. The van der Waals surface area contributed by atoms with Crippen molar-refractivity contribution in [1.29, 1.82) is 0 Å². The largest absolute Gasteiger partial charge is 0.465 e. The van der Waals surface area contributed by atoms with E-state index in [4.69, 9.17) is 16.3 Å². The van der Waals surface area contributed by atoms with E-state index in [0.717, 1.165) is 5.56 Å². The number of esters is 2. The van der Waals surface area contributed by atoms with Crippen LogP contribution in [0, 0.1) is 0 Å². The molecule has 6 heteroatoms. The molecule has 0 amide bonds. The van der Waals surface area contributed by atoms with Gasteiger partial charge < -0.3 is 9.47 Å². The molecular formula is C19H17ClO5. The highest BCUT2D eigenvalue weighted by molar-refractivity contribution is 6.30. The first-order chi connectivity index (χ1) is 12.0. The molecule has 25 heavy (non-hydrogen) atoms. The van der Waals surface area contributed by atoms with Gasteiger partial charge in [0.1, 0.15) is 6.61 Å². The van der Waals surface area contributed by atoms with E-state index < -0.39 is 11.9 Å². The van der Waals surface area contributed by atoms with Gasteiger partial charge >= 0.3 is 11.9 Å². The first-order valence-corrected chi connectivity index (χ1v) is 7.99. The fourth-order valence-corrected chi connectivity index (χ4v) is 2.21. The number of carbonyl (C=O) groups is 3. The fourth-order valence-electron chi connectivity index (χ4n) is 2.09. The average Bonchev–Trinajstić information content (AvgIpc) is 2.64. The molecule has 0 aliphatic rings. The minimum atomic E-state index is -0.459. The van der Waals surface area contributed by atoms with Gasteiger partial charge in [-0.25, -0.2) is 4.79 Å². The van der Waals surface area contributed by atoms with Crippen LogP contribution >= 0.6 is 11.6 Å². The molecule has 0 aromatic heterocycles. The Morgan fingerprint density at radius 3 is 2.08 bits per heavy atom. The minimum Gasteiger partial charge on any atom is -0.465 e. The molecule has 0 atom stereocenters. The first-order valence-electron chi connectivity index (χ1n) is 7.61. The molecule has 0 unspecified atom stereocenters. The second kappa shape index (κ2) is 8.99. The maximum atomic E-state index is 12.0. The van der Waals surface area contributed by atoms with Gasteiger partial charge in [-0.2, -0.15) is 0 Å². The third-order valence-corrected chi connectivity index (χ3v) is 3.75. The first kappa shape index (κ1) is 18.7. The van der Waals surface area contributed by atoms with Crippen molar-refractivity contribution < 1.29 is 23.9 Å². The second-order valence-electron chi connectivity index (χ2n) is 5.28. The van der Waals surface area contributed by atoms with Crippen molar-refractivity contribution >= 4 is 29.3 Å². The number of methoxy groups -OCH3 is 1. The zero-order valence-corrected chi connectivity index (χ0v) is 14.4. The van der Waals surface area contributed by atoms with Gasteiger partial charge in [0.15, 0.2) is 5.78 Å². The highest BCUT2D eigenvalue weighted by Gasteiger charge is 2.11. The monoisotopic (exact) mass is 360 g/mol. The van der Waals surface area contributed by atoms with Crippen LogP contribution < -0.4 is 0 Å². The van der Waals surface area contributed by atoms with Gasteiger partial charge in [0.25, 0.3) is 0 Å². The van der Waals surface area contributed by atoms with E-state index in [9.17, 15) is 14.4 Å². The third kappa shape index (κ3) is 5.72. The number of benzene rings is 2. The SMILES string of the molecule is COC(=O)c1ccc(COC(=O)CCC(=O)c2ccc(Cl)cc2)cc1. The maximum absolute atomic E-state index is 12.0. The van der Waals surface area contributed by atoms with E-state index in [1.807, 2.05) is 0 Å². The van der Waals surface area contributed by atoms with Gasteiger partial charge in [-0.15, -0.1) is 0 Å². The van der Waals surface area contributed by atoms with Crippen LogP contribution in [0.15, 0.2) is 48.5 Å². The molecule has 2 rings (SSSR count). The summed E-state index contributed by atoms with van der Waals surface area (Å²) in [5, 5.41) is 0.550. The second-order valence-corrected chi connectivity index (χ2v) is 5.72. The Bertz CT molecular complexity index is 750. The smallest absolute Gasteiger partial charge is 0.337 e. The van der Waals surface area contributed by atoms with Crippen molar-refractivity contribution in [3.8, 4) is 0 Å². The van der Waals surface area contributed by atoms with E-state index in [2.05, 4.69) is 4.74 Å². The molecule has 0 N–H and O–H groups in total. The maximum Gasteiger partial charge on any atom is 0.337 e. The Morgan fingerprint density at radius 2 is 1.48 bits per heavy atom. The van der Waals surface area contributed by atoms with Gasteiger partial charge in [0.05, 0.1) is 19.1 Å². The van der Waals surface area contributed by atoms with Gasteiger partial charge in [-0.05, 0) is 42.0 Å². The predicted molar refractivity (Wildman–Crippen MR) is 92.6 cm³/mol. The summed E-state index contributed by atoms with van der Waals surface area (Å²) in [5.74, 6) is -1.03. The lowest BCUT2D eigenvalue weighted by molar-refractivity contribution is -0.144. The predicted octanol–water partition coefficient (Wildman–Crippen LogP) is 3.83. The van der Waals surface area contributed by atoms with Crippen LogP contribution in [0.5, 0.6) is 0 Å². The summed E-state index contributed by atoms with van der Waals surface area (Å²) in [6, 6.07) is 13.1. The molecule has 0 saturated carbocycles. The fraction of sp³-hybridized carbons (Fsp3) is 0.211. The Labute approximate surface area is 150 Å². The Morgan fingerprint density at radius 1 is 0.880 bits per heavy atom. The van der Waals surface area contributed by atoms with Crippen LogP contribution in [0.2, 0.25) is 5.02 Å². The quantitative estimate of drug-likeness (QED) is 0.554. The Balaban J connectivity index is 1.77. The van der Waals surface area contributed by atoms with Crippen molar-refractivity contribution in [2.45, 2.75) is 19.4 Å². The molecule has 5 nitrogen and oxygen atoms in total. The number of hydrogen-bond donors (Lipinski definition) is 0. The van der Waals surface area contributed by atoms with Gasteiger partial charge in [0.2, 0.25) is 0 Å². The number of halogens is 1. The minimum absolute atomic E-state index is 0.00169. The summed E-state index contributed by atoms with van der Waals surface area (Å²) < 4.78 is 9.74. The number of ether oxygens (including phenoxy) is 2. The lowest BCUT2D eigenvalue weighted by atomic mass is 10.1. The van der Waals surface area contributed by atoms with Crippen molar-refractivity contribution in [2.24, 2.45) is 0 Å². The number of ketones is 1. The van der Waals surface area contributed by atoms with Crippen LogP contribution in [-0.4, -0.2) is 24.8 Å². The zero-order valence-electron chi connectivity index (χ0n) is 13.7. The van der Waals surface area contributed by atoms with Crippen molar-refractivity contribution in [3.05, 3.63) is 70.2 Å². The van der Waals surface area contributed by atoms with Crippen LogP contribution in [0.4, 0.5) is 0 Å². The number of rotatable bonds is 7. The lowest BCUT2D eigenvalue weighted by Gasteiger charge is -2.06. The third-order valence-electron chi connectivity index (χ3n) is 3.50. The van der Waals surface area contributed by atoms with Crippen molar-refractivity contribution in [3.63, 3.8) is 0 Å². The summed E-state index contributed by atoms with van der Waals surface area (Å²) in [7, 11) is 1.31. The molecule has 0 heterocycles. The average molecular weight is 361 g/mol. The summed E-state index contributed by atoms with van der Waals surface area (Å²) >= 11 is 5.77. The summed E-state index contributed by atoms with van der Waals surface area (Å²) in [6.07, 6.45) is 0.0729. The van der Waals surface area contributed by atoms with E-state index >= 15 is 0 Å². The molecule has 0 aliphatic heterocycles. The topological polar surface area (TPSA) is 69.7 Å². The van der Waals surface area contributed by atoms with Crippen molar-refractivity contribution in [2.75, 3.05) is 7.11 Å². The van der Waals surface area contributed by atoms with Crippen LogP contribution in [0.1, 0.15) is 39.1 Å². The highest BCUT2D eigenvalue weighted by Crippen LogP contribution is 2.13. The number of Topliss-reactive ketones (excluding diaryl/α,β-unsaturated/α-hetero) is 1. The molecule has 0 fully saturated rings. The number of carbonyl (C=O) groups excluding carboxylic acids is 3. The van der Waals surface area contributed by atoms with Crippen LogP contribution in [0.25, 0.3) is 0 Å². The molecule has 2 aromatic carbocycles. The van der Waals surface area contributed by atoms with Gasteiger partial charge in [-0.1, -0.05) is 23.7 Å². The van der Waals surface area contributed by atoms with E-state index in [1.54, 1.807) is 48.5 Å². The molecule has 0 saturated heterocycles. The molecule has 130 valence electrons. The molecular weight excluding hydrogens is 344 g/mol. The van der Waals surface area contributed by atoms with E-state index in [0.29, 0.717) is 16.1 Å². The van der Waals surface area contributed by atoms with Gasteiger partial charge in [-0.3, -0.25) is 9.59 Å². The summed E-state index contributed by atoms with van der Waals surface area (Å²) in [4.78, 5) is 35.1. The number of hydrogen-bond acceptors (Lipinski definition) is 5. The Kier molecular flexibility index (Phi) is 6.71. The summed E-state index contributed by atoms with van der Waals surface area (Å²) in [5.41, 5.74) is 1.67. The van der Waals surface area contributed by atoms with Gasteiger partial charge in [0, 0.05) is 17.0 Å². The molecule has 0 radical (unpaired) electrons. The lowest BCUT2D eigenvalue weighted by Crippen LogP contribution is -2.08. The zero-order chi connectivity index (χ0) is 18.2. The molecule has 0 aliphatic carbocycles.